The number of amides is 3. The smallest absolute Gasteiger partial charge is 0.319 e. The molecule has 26 heavy (non-hydrogen) atoms. The Morgan fingerprint density at radius 2 is 2.12 bits per heavy atom. The maximum Gasteiger partial charge on any atom is 0.319 e. The molecule has 0 saturated carbocycles. The Morgan fingerprint density at radius 3 is 2.77 bits per heavy atom. The first-order chi connectivity index (χ1) is 12.2. The molecule has 0 unspecified atom stereocenters. The van der Waals surface area contributed by atoms with Gasteiger partial charge in [-0.3, -0.25) is 4.79 Å². The lowest BCUT2D eigenvalue weighted by Crippen LogP contribution is -2.43. The highest BCUT2D eigenvalue weighted by atomic mass is 16.5. The van der Waals surface area contributed by atoms with Crippen molar-refractivity contribution in [3.8, 4) is 5.75 Å². The van der Waals surface area contributed by atoms with E-state index in [-0.39, 0.29) is 18.5 Å². The van der Waals surface area contributed by atoms with Crippen LogP contribution in [0.2, 0.25) is 0 Å². The molecule has 3 amide bonds. The van der Waals surface area contributed by atoms with Crippen molar-refractivity contribution in [1.29, 1.82) is 0 Å². The van der Waals surface area contributed by atoms with Crippen LogP contribution >= 0.6 is 0 Å². The molecule has 1 aromatic carbocycles. The minimum Gasteiger partial charge on any atom is -0.490 e. The van der Waals surface area contributed by atoms with Crippen LogP contribution < -0.4 is 20.3 Å². The molecule has 7 nitrogen and oxygen atoms in total. The topological polar surface area (TPSA) is 79.9 Å². The molecule has 0 aliphatic carbocycles. The summed E-state index contributed by atoms with van der Waals surface area (Å²) in [5.41, 5.74) is 0.730. The van der Waals surface area contributed by atoms with E-state index in [1.807, 2.05) is 19.9 Å². The normalized spacial score (nSPS) is 15.9. The second kappa shape index (κ2) is 8.40. The molecule has 1 aliphatic heterocycles. The molecule has 1 aromatic rings. The summed E-state index contributed by atoms with van der Waals surface area (Å²) in [7, 11) is 1.58. The van der Waals surface area contributed by atoms with Gasteiger partial charge in [-0.05, 0) is 31.9 Å². The quantitative estimate of drug-likeness (QED) is 0.762. The highest BCUT2D eigenvalue weighted by Crippen LogP contribution is 2.38. The fraction of sp³-hybridized carbons (Fsp3) is 0.579. The molecule has 2 rings (SSSR count). The highest BCUT2D eigenvalue weighted by Gasteiger charge is 2.38. The number of rotatable bonds is 6. The predicted molar refractivity (Wildman–Crippen MR) is 102 cm³/mol. The zero-order valence-corrected chi connectivity index (χ0v) is 16.2. The summed E-state index contributed by atoms with van der Waals surface area (Å²) in [5.74, 6) is 0.965. The van der Waals surface area contributed by atoms with Gasteiger partial charge in [-0.2, -0.15) is 0 Å². The van der Waals surface area contributed by atoms with E-state index in [4.69, 9.17) is 9.47 Å². The van der Waals surface area contributed by atoms with Gasteiger partial charge >= 0.3 is 6.03 Å². The van der Waals surface area contributed by atoms with Crippen LogP contribution in [0.3, 0.4) is 0 Å². The number of nitrogens with zero attached hydrogens (tertiary/aromatic N) is 1. The summed E-state index contributed by atoms with van der Waals surface area (Å²) < 4.78 is 10.8. The van der Waals surface area contributed by atoms with Gasteiger partial charge in [0.25, 0.3) is 0 Å². The van der Waals surface area contributed by atoms with Crippen molar-refractivity contribution in [2.75, 3.05) is 43.6 Å². The summed E-state index contributed by atoms with van der Waals surface area (Å²) in [6, 6.07) is 5.04. The molecular formula is C19H29N3O4. The Morgan fingerprint density at radius 1 is 1.38 bits per heavy atom. The molecule has 0 saturated heterocycles. The SMILES string of the molecule is COCCNC(=O)Nc1ccc2c(c1)OCC(C)(C)C(=O)N2CC(C)C. The summed E-state index contributed by atoms with van der Waals surface area (Å²) in [6.07, 6.45) is 0. The average molecular weight is 363 g/mol. The number of urea groups is 1. The van der Waals surface area contributed by atoms with Crippen molar-refractivity contribution < 1.29 is 19.1 Å². The number of benzene rings is 1. The average Bonchev–Trinajstić information content (AvgIpc) is 2.65. The van der Waals surface area contributed by atoms with Gasteiger partial charge in [0, 0.05) is 32.0 Å². The zero-order valence-electron chi connectivity index (χ0n) is 16.2. The lowest BCUT2D eigenvalue weighted by Gasteiger charge is -2.29. The van der Waals surface area contributed by atoms with Crippen molar-refractivity contribution in [3.05, 3.63) is 18.2 Å². The number of carbonyl (C=O) groups is 2. The Bertz CT molecular complexity index is 658. The number of hydrogen-bond donors (Lipinski definition) is 2. The molecule has 0 bridgehead atoms. The second-order valence-electron chi connectivity index (χ2n) is 7.54. The number of methoxy groups -OCH3 is 1. The third-order valence-electron chi connectivity index (χ3n) is 4.06. The molecule has 144 valence electrons. The van der Waals surface area contributed by atoms with Crippen LogP contribution in [0, 0.1) is 11.3 Å². The molecule has 1 aliphatic rings. The number of ether oxygens (including phenoxy) is 2. The van der Waals surface area contributed by atoms with Crippen LogP contribution in [0.15, 0.2) is 18.2 Å². The van der Waals surface area contributed by atoms with Crippen molar-refractivity contribution in [1.82, 2.24) is 5.32 Å². The summed E-state index contributed by atoms with van der Waals surface area (Å²) in [6.45, 7) is 9.70. The maximum atomic E-state index is 12.9. The Labute approximate surface area is 155 Å². The first-order valence-electron chi connectivity index (χ1n) is 8.87. The third-order valence-corrected chi connectivity index (χ3v) is 4.06. The fourth-order valence-electron chi connectivity index (χ4n) is 2.71. The van der Waals surface area contributed by atoms with Crippen LogP contribution in [0.4, 0.5) is 16.2 Å². The van der Waals surface area contributed by atoms with Gasteiger partial charge in [-0.15, -0.1) is 0 Å². The molecule has 7 heteroatoms. The van der Waals surface area contributed by atoms with E-state index < -0.39 is 5.41 Å². The van der Waals surface area contributed by atoms with E-state index in [1.165, 1.54) is 0 Å². The molecule has 1 heterocycles. The zero-order chi connectivity index (χ0) is 19.3. The molecule has 0 radical (unpaired) electrons. The standard InChI is InChI=1S/C19H29N3O4/c1-13(2)11-22-15-7-6-14(21-18(24)20-8-9-25-5)10-16(15)26-12-19(3,4)17(22)23/h6-7,10,13H,8-9,11-12H2,1-5H3,(H2,20,21,24). The number of anilines is 2. The van der Waals surface area contributed by atoms with Crippen LogP contribution in [-0.4, -0.2) is 45.4 Å². The number of hydrogen-bond acceptors (Lipinski definition) is 4. The number of nitrogens with one attached hydrogen (secondary N) is 2. The van der Waals surface area contributed by atoms with Crippen molar-refractivity contribution >= 4 is 23.3 Å². The van der Waals surface area contributed by atoms with Crippen LogP contribution in [0.1, 0.15) is 27.7 Å². The van der Waals surface area contributed by atoms with E-state index in [2.05, 4.69) is 24.5 Å². The predicted octanol–water partition coefficient (Wildman–Crippen LogP) is 2.86. The Balaban J connectivity index is 2.23. The minimum atomic E-state index is -0.612. The van der Waals surface area contributed by atoms with Crippen molar-refractivity contribution in [2.45, 2.75) is 27.7 Å². The van der Waals surface area contributed by atoms with Gasteiger partial charge in [0.15, 0.2) is 0 Å². The van der Waals surface area contributed by atoms with Gasteiger partial charge in [0.2, 0.25) is 5.91 Å². The first kappa shape index (κ1) is 20.0. The van der Waals surface area contributed by atoms with Gasteiger partial charge < -0.3 is 25.0 Å². The summed E-state index contributed by atoms with van der Waals surface area (Å²) in [5, 5.41) is 5.47. The number of carbonyl (C=O) groups excluding carboxylic acids is 2. The van der Waals surface area contributed by atoms with Gasteiger partial charge in [0.1, 0.15) is 12.4 Å². The summed E-state index contributed by atoms with van der Waals surface area (Å²) in [4.78, 5) is 26.6. The lowest BCUT2D eigenvalue weighted by molar-refractivity contribution is -0.127. The first-order valence-corrected chi connectivity index (χ1v) is 8.87. The molecule has 0 spiro atoms. The molecule has 2 N–H and O–H groups in total. The van der Waals surface area contributed by atoms with Gasteiger partial charge in [0.05, 0.1) is 17.7 Å². The molecule has 0 atom stereocenters. The van der Waals surface area contributed by atoms with E-state index >= 15 is 0 Å². The third kappa shape index (κ3) is 4.88. The van der Waals surface area contributed by atoms with Crippen LogP contribution in [0.5, 0.6) is 5.75 Å². The van der Waals surface area contributed by atoms with E-state index in [1.54, 1.807) is 24.1 Å². The molecule has 0 aromatic heterocycles. The maximum absolute atomic E-state index is 12.9. The monoisotopic (exact) mass is 363 g/mol. The fourth-order valence-corrected chi connectivity index (χ4v) is 2.71. The Hall–Kier alpha value is -2.28. The molecular weight excluding hydrogens is 334 g/mol. The lowest BCUT2D eigenvalue weighted by atomic mass is 9.92. The van der Waals surface area contributed by atoms with E-state index in [0.717, 1.165) is 5.69 Å². The van der Waals surface area contributed by atoms with E-state index in [9.17, 15) is 9.59 Å². The van der Waals surface area contributed by atoms with Crippen LogP contribution in [0.25, 0.3) is 0 Å². The largest absolute Gasteiger partial charge is 0.490 e. The van der Waals surface area contributed by atoms with Crippen molar-refractivity contribution in [2.24, 2.45) is 11.3 Å². The number of fused-ring (bicyclic) bond motifs is 1. The van der Waals surface area contributed by atoms with E-state index in [0.29, 0.717) is 37.1 Å². The minimum absolute atomic E-state index is 0.0444. The molecule has 0 fully saturated rings. The van der Waals surface area contributed by atoms with Gasteiger partial charge in [-0.1, -0.05) is 13.8 Å². The second-order valence-corrected chi connectivity index (χ2v) is 7.54. The summed E-state index contributed by atoms with van der Waals surface area (Å²) >= 11 is 0. The highest BCUT2D eigenvalue weighted by molar-refractivity contribution is 6.00. The van der Waals surface area contributed by atoms with Gasteiger partial charge in [-0.25, -0.2) is 4.79 Å². The van der Waals surface area contributed by atoms with Crippen molar-refractivity contribution in [3.63, 3.8) is 0 Å². The van der Waals surface area contributed by atoms with Crippen LogP contribution in [-0.2, 0) is 9.53 Å². The Kier molecular flexibility index (Phi) is 6.47.